The Hall–Kier alpha value is -2.23. The molecule has 3 rings (SSSR count). The van der Waals surface area contributed by atoms with E-state index in [4.69, 9.17) is 0 Å². The van der Waals surface area contributed by atoms with Crippen LogP contribution in [0, 0.1) is 11.6 Å². The van der Waals surface area contributed by atoms with Crippen LogP contribution in [-0.2, 0) is 0 Å². The lowest BCUT2D eigenvalue weighted by atomic mass is 9.85. The number of benzene rings is 2. The Morgan fingerprint density at radius 3 is 2.55 bits per heavy atom. The van der Waals surface area contributed by atoms with Gasteiger partial charge in [-0.2, -0.15) is 0 Å². The largest absolute Gasteiger partial charge is 0.385 e. The number of rotatable bonds is 2. The summed E-state index contributed by atoms with van der Waals surface area (Å²) in [6.45, 7) is 0.672. The van der Waals surface area contributed by atoms with E-state index in [-0.39, 0.29) is 17.3 Å². The number of carbonyl (C=O) groups excluding carboxylic acids is 1. The van der Waals surface area contributed by atoms with Gasteiger partial charge in [-0.3, -0.25) is 4.79 Å². The Bertz CT molecular complexity index is 649. The topological polar surface area (TPSA) is 29.1 Å². The van der Waals surface area contributed by atoms with Gasteiger partial charge >= 0.3 is 0 Å². The minimum absolute atomic E-state index is 0.0872. The van der Waals surface area contributed by atoms with Crippen molar-refractivity contribution in [2.75, 3.05) is 11.9 Å². The lowest BCUT2D eigenvalue weighted by Gasteiger charge is -2.25. The highest BCUT2D eigenvalue weighted by Crippen LogP contribution is 2.33. The predicted octanol–water partition coefficient (Wildman–Crippen LogP) is 3.75. The van der Waals surface area contributed by atoms with E-state index in [0.717, 1.165) is 29.4 Å². The second kappa shape index (κ2) is 5.04. The monoisotopic (exact) mass is 273 g/mol. The molecule has 1 heterocycles. The highest BCUT2D eigenvalue weighted by Gasteiger charge is 2.27. The molecule has 4 heteroatoms. The molecule has 2 aromatic rings. The average Bonchev–Trinajstić information content (AvgIpc) is 2.45. The molecule has 1 N–H and O–H groups in total. The van der Waals surface area contributed by atoms with Crippen LogP contribution in [0.1, 0.15) is 28.3 Å². The van der Waals surface area contributed by atoms with E-state index in [1.54, 1.807) is 0 Å². The van der Waals surface area contributed by atoms with Crippen molar-refractivity contribution in [2.24, 2.45) is 0 Å². The minimum atomic E-state index is -0.726. The maximum atomic E-state index is 13.2. The number of nitrogens with one attached hydrogen (secondary N) is 1. The lowest BCUT2D eigenvalue weighted by Crippen LogP contribution is -2.23. The molecule has 1 aliphatic heterocycles. The summed E-state index contributed by atoms with van der Waals surface area (Å²) < 4.78 is 26.5. The number of halogens is 2. The van der Waals surface area contributed by atoms with Crippen molar-refractivity contribution in [1.82, 2.24) is 0 Å². The van der Waals surface area contributed by atoms with Gasteiger partial charge in [-0.1, -0.05) is 18.2 Å². The normalized spacial score (nSPS) is 17.2. The standard InChI is InChI=1S/C16H13F2NO/c17-11-7-10(8-12(18)9-11)16(20)14-5-6-19-15-4-2-1-3-13(14)15/h1-4,7-9,14,19H,5-6H2. The molecule has 0 saturated heterocycles. The Kier molecular flexibility index (Phi) is 3.22. The number of ketones is 1. The summed E-state index contributed by atoms with van der Waals surface area (Å²) in [5.41, 5.74) is 1.88. The molecule has 0 bridgehead atoms. The quantitative estimate of drug-likeness (QED) is 0.844. The summed E-state index contributed by atoms with van der Waals surface area (Å²) >= 11 is 0. The van der Waals surface area contributed by atoms with Gasteiger partial charge in [-0.05, 0) is 30.2 Å². The SMILES string of the molecule is O=C(c1cc(F)cc(F)c1)C1CCNc2ccccc21. The smallest absolute Gasteiger partial charge is 0.170 e. The van der Waals surface area contributed by atoms with Gasteiger partial charge in [0.15, 0.2) is 5.78 Å². The number of Topliss-reactive ketones (excluding diaryl/α,β-unsaturated/α-hetero) is 1. The molecule has 2 aromatic carbocycles. The maximum absolute atomic E-state index is 13.2. The zero-order valence-electron chi connectivity index (χ0n) is 10.7. The van der Waals surface area contributed by atoms with Gasteiger partial charge in [0, 0.05) is 23.9 Å². The van der Waals surface area contributed by atoms with Gasteiger partial charge in [0.05, 0.1) is 5.92 Å². The lowest BCUT2D eigenvalue weighted by molar-refractivity contribution is 0.0954. The first-order valence-electron chi connectivity index (χ1n) is 6.48. The molecular weight excluding hydrogens is 260 g/mol. The third kappa shape index (κ3) is 2.29. The van der Waals surface area contributed by atoms with E-state index >= 15 is 0 Å². The van der Waals surface area contributed by atoms with Crippen molar-refractivity contribution in [3.63, 3.8) is 0 Å². The molecule has 1 aliphatic rings. The van der Waals surface area contributed by atoms with Gasteiger partial charge in [0.1, 0.15) is 11.6 Å². The van der Waals surface area contributed by atoms with Crippen LogP contribution in [0.4, 0.5) is 14.5 Å². The molecule has 102 valence electrons. The molecule has 20 heavy (non-hydrogen) atoms. The molecule has 2 nitrogen and oxygen atoms in total. The first kappa shape index (κ1) is 12.8. The maximum Gasteiger partial charge on any atom is 0.170 e. The van der Waals surface area contributed by atoms with Crippen LogP contribution in [-0.4, -0.2) is 12.3 Å². The first-order valence-corrected chi connectivity index (χ1v) is 6.48. The van der Waals surface area contributed by atoms with E-state index in [1.807, 2.05) is 24.3 Å². The molecule has 1 atom stereocenters. The van der Waals surface area contributed by atoms with Gasteiger partial charge < -0.3 is 5.32 Å². The van der Waals surface area contributed by atoms with Crippen LogP contribution in [0.5, 0.6) is 0 Å². The van der Waals surface area contributed by atoms with Gasteiger partial charge in [0.2, 0.25) is 0 Å². The van der Waals surface area contributed by atoms with Crippen molar-refractivity contribution < 1.29 is 13.6 Å². The molecule has 0 spiro atoms. The highest BCUT2D eigenvalue weighted by atomic mass is 19.1. The Morgan fingerprint density at radius 2 is 1.80 bits per heavy atom. The molecule has 0 amide bonds. The molecule has 1 unspecified atom stereocenters. The number of para-hydroxylation sites is 1. The number of hydrogen-bond acceptors (Lipinski definition) is 2. The Morgan fingerprint density at radius 1 is 1.10 bits per heavy atom. The average molecular weight is 273 g/mol. The van der Waals surface area contributed by atoms with Crippen LogP contribution in [0.3, 0.4) is 0 Å². The van der Waals surface area contributed by atoms with Crippen molar-refractivity contribution >= 4 is 11.5 Å². The molecule has 0 saturated carbocycles. The minimum Gasteiger partial charge on any atom is -0.385 e. The fourth-order valence-electron chi connectivity index (χ4n) is 2.64. The van der Waals surface area contributed by atoms with E-state index in [9.17, 15) is 13.6 Å². The molecule has 0 fully saturated rings. The van der Waals surface area contributed by atoms with Crippen LogP contribution >= 0.6 is 0 Å². The van der Waals surface area contributed by atoms with E-state index in [0.29, 0.717) is 13.0 Å². The van der Waals surface area contributed by atoms with Gasteiger partial charge in [-0.25, -0.2) is 8.78 Å². The van der Waals surface area contributed by atoms with Crippen LogP contribution in [0.2, 0.25) is 0 Å². The number of fused-ring (bicyclic) bond motifs is 1. The summed E-state index contributed by atoms with van der Waals surface area (Å²) in [7, 11) is 0. The molecule has 0 aromatic heterocycles. The number of hydrogen-bond donors (Lipinski definition) is 1. The Balaban J connectivity index is 1.99. The van der Waals surface area contributed by atoms with Crippen LogP contribution in [0.15, 0.2) is 42.5 Å². The zero-order valence-corrected chi connectivity index (χ0v) is 10.7. The van der Waals surface area contributed by atoms with E-state index < -0.39 is 11.6 Å². The summed E-state index contributed by atoms with van der Waals surface area (Å²) in [4.78, 5) is 12.5. The molecular formula is C16H13F2NO. The third-order valence-electron chi connectivity index (χ3n) is 3.55. The second-order valence-electron chi connectivity index (χ2n) is 4.88. The van der Waals surface area contributed by atoms with Crippen molar-refractivity contribution in [3.05, 3.63) is 65.2 Å². The Labute approximate surface area is 115 Å². The van der Waals surface area contributed by atoms with Gasteiger partial charge in [-0.15, -0.1) is 0 Å². The predicted molar refractivity (Wildman–Crippen MR) is 73.0 cm³/mol. The van der Waals surface area contributed by atoms with Crippen molar-refractivity contribution in [2.45, 2.75) is 12.3 Å². The fourth-order valence-corrected chi connectivity index (χ4v) is 2.64. The zero-order chi connectivity index (χ0) is 14.1. The summed E-state index contributed by atoms with van der Waals surface area (Å²) in [5, 5.41) is 3.22. The van der Waals surface area contributed by atoms with Crippen LogP contribution in [0.25, 0.3) is 0 Å². The summed E-state index contributed by atoms with van der Waals surface area (Å²) in [6.07, 6.45) is 0.619. The number of carbonyl (C=O) groups is 1. The molecule has 0 radical (unpaired) electrons. The first-order chi connectivity index (χ1) is 9.65. The highest BCUT2D eigenvalue weighted by molar-refractivity contribution is 6.02. The van der Waals surface area contributed by atoms with E-state index in [2.05, 4.69) is 5.32 Å². The van der Waals surface area contributed by atoms with Crippen molar-refractivity contribution in [3.8, 4) is 0 Å². The second-order valence-corrected chi connectivity index (χ2v) is 4.88. The molecule has 0 aliphatic carbocycles. The van der Waals surface area contributed by atoms with Gasteiger partial charge in [0.25, 0.3) is 0 Å². The fraction of sp³-hybridized carbons (Fsp3) is 0.188. The third-order valence-corrected chi connectivity index (χ3v) is 3.55. The van der Waals surface area contributed by atoms with Crippen LogP contribution < -0.4 is 5.32 Å². The van der Waals surface area contributed by atoms with Crippen molar-refractivity contribution in [1.29, 1.82) is 0 Å². The summed E-state index contributed by atoms with van der Waals surface area (Å²) in [5.74, 6) is -2.04. The number of anilines is 1. The summed E-state index contributed by atoms with van der Waals surface area (Å²) in [6, 6.07) is 10.5. The van der Waals surface area contributed by atoms with E-state index in [1.165, 1.54) is 0 Å².